The summed E-state index contributed by atoms with van der Waals surface area (Å²) in [5.41, 5.74) is 2.27. The van der Waals surface area contributed by atoms with E-state index in [0.717, 1.165) is 29.0 Å². The average molecular weight is 265 g/mol. The molecular weight excluding hydrogens is 246 g/mol. The summed E-state index contributed by atoms with van der Waals surface area (Å²) in [6.07, 6.45) is 2.38. The third-order valence-electron chi connectivity index (χ3n) is 3.05. The SMILES string of the molecule is Cc1csc2c(NCC(C)(C)CCO)ncnc12. The summed E-state index contributed by atoms with van der Waals surface area (Å²) >= 11 is 1.67. The number of hydrogen-bond donors (Lipinski definition) is 2. The number of thiophene rings is 1. The van der Waals surface area contributed by atoms with Gasteiger partial charge in [-0.25, -0.2) is 9.97 Å². The van der Waals surface area contributed by atoms with Crippen LogP contribution >= 0.6 is 11.3 Å². The number of anilines is 1. The Hall–Kier alpha value is -1.20. The quantitative estimate of drug-likeness (QED) is 0.873. The molecule has 0 aliphatic rings. The highest BCUT2D eigenvalue weighted by Crippen LogP contribution is 2.29. The number of aromatic nitrogens is 2. The second-order valence-electron chi connectivity index (χ2n) is 5.31. The first-order valence-electron chi connectivity index (χ1n) is 6.07. The lowest BCUT2D eigenvalue weighted by atomic mass is 9.90. The molecule has 2 aromatic heterocycles. The van der Waals surface area contributed by atoms with Crippen LogP contribution in [0.15, 0.2) is 11.7 Å². The van der Waals surface area contributed by atoms with Crippen molar-refractivity contribution in [2.45, 2.75) is 27.2 Å². The van der Waals surface area contributed by atoms with Crippen LogP contribution in [-0.4, -0.2) is 28.2 Å². The fourth-order valence-corrected chi connectivity index (χ4v) is 2.78. The lowest BCUT2D eigenvalue weighted by Gasteiger charge is -2.24. The predicted octanol–water partition coefficient (Wildman–Crippen LogP) is 2.82. The molecule has 0 amide bonds. The number of fused-ring (bicyclic) bond motifs is 1. The van der Waals surface area contributed by atoms with Gasteiger partial charge in [0.1, 0.15) is 12.1 Å². The molecule has 2 aromatic rings. The van der Waals surface area contributed by atoms with E-state index in [-0.39, 0.29) is 12.0 Å². The molecule has 0 bridgehead atoms. The lowest BCUT2D eigenvalue weighted by molar-refractivity contribution is 0.220. The zero-order valence-electron chi connectivity index (χ0n) is 11.0. The molecule has 0 spiro atoms. The normalized spacial score (nSPS) is 12.0. The molecular formula is C13H19N3OS. The highest BCUT2D eigenvalue weighted by Gasteiger charge is 2.18. The van der Waals surface area contributed by atoms with Crippen LogP contribution in [0.2, 0.25) is 0 Å². The van der Waals surface area contributed by atoms with Gasteiger partial charge in [0.15, 0.2) is 0 Å². The molecule has 0 saturated heterocycles. The summed E-state index contributed by atoms with van der Waals surface area (Å²) in [5.74, 6) is 0.893. The van der Waals surface area contributed by atoms with Gasteiger partial charge < -0.3 is 10.4 Å². The Bertz CT molecular complexity index is 536. The fraction of sp³-hybridized carbons (Fsp3) is 0.538. The maximum atomic E-state index is 9.02. The first kappa shape index (κ1) is 13.2. The van der Waals surface area contributed by atoms with Crippen LogP contribution in [0.3, 0.4) is 0 Å². The molecule has 98 valence electrons. The topological polar surface area (TPSA) is 58.0 Å². The zero-order valence-corrected chi connectivity index (χ0v) is 11.8. The molecule has 2 rings (SSSR count). The third-order valence-corrected chi connectivity index (χ3v) is 4.15. The molecule has 5 heteroatoms. The zero-order chi connectivity index (χ0) is 13.2. The molecule has 0 aliphatic heterocycles. The van der Waals surface area contributed by atoms with Crippen LogP contribution < -0.4 is 5.32 Å². The second kappa shape index (κ2) is 5.20. The summed E-state index contributed by atoms with van der Waals surface area (Å²) < 4.78 is 1.11. The summed E-state index contributed by atoms with van der Waals surface area (Å²) in [4.78, 5) is 8.61. The average Bonchev–Trinajstić information content (AvgIpc) is 2.69. The minimum absolute atomic E-state index is 0.0539. The summed E-state index contributed by atoms with van der Waals surface area (Å²) in [6, 6.07) is 0. The monoisotopic (exact) mass is 265 g/mol. The van der Waals surface area contributed by atoms with E-state index in [1.807, 2.05) is 0 Å². The minimum Gasteiger partial charge on any atom is -0.396 e. The molecule has 0 unspecified atom stereocenters. The maximum absolute atomic E-state index is 9.02. The smallest absolute Gasteiger partial charge is 0.147 e. The summed E-state index contributed by atoms with van der Waals surface area (Å²) in [5, 5.41) is 14.5. The fourth-order valence-electron chi connectivity index (χ4n) is 1.81. The molecule has 0 saturated carbocycles. The Balaban J connectivity index is 2.17. The van der Waals surface area contributed by atoms with Crippen LogP contribution in [0.4, 0.5) is 5.82 Å². The van der Waals surface area contributed by atoms with Crippen molar-refractivity contribution >= 4 is 27.4 Å². The van der Waals surface area contributed by atoms with Gasteiger partial charge in [-0.1, -0.05) is 13.8 Å². The van der Waals surface area contributed by atoms with Crippen molar-refractivity contribution in [3.63, 3.8) is 0 Å². The van der Waals surface area contributed by atoms with Gasteiger partial charge in [0.2, 0.25) is 0 Å². The minimum atomic E-state index is 0.0539. The van der Waals surface area contributed by atoms with Crippen LogP contribution in [0.25, 0.3) is 10.2 Å². The standard InChI is InChI=1S/C13H19N3OS/c1-9-6-18-11-10(9)15-8-16-12(11)14-7-13(2,3)4-5-17/h6,8,17H,4-5,7H2,1-3H3,(H,14,15,16). The van der Waals surface area contributed by atoms with E-state index in [2.05, 4.69) is 41.4 Å². The second-order valence-corrected chi connectivity index (χ2v) is 6.19. The number of nitrogens with zero attached hydrogens (tertiary/aromatic N) is 2. The lowest BCUT2D eigenvalue weighted by Crippen LogP contribution is -2.24. The number of aliphatic hydroxyl groups is 1. The van der Waals surface area contributed by atoms with E-state index in [9.17, 15) is 0 Å². The third kappa shape index (κ3) is 2.79. The van der Waals surface area contributed by atoms with E-state index in [4.69, 9.17) is 5.11 Å². The number of rotatable bonds is 5. The van der Waals surface area contributed by atoms with Crippen molar-refractivity contribution in [1.82, 2.24) is 9.97 Å². The van der Waals surface area contributed by atoms with Gasteiger partial charge in [0.25, 0.3) is 0 Å². The Kier molecular flexibility index (Phi) is 3.82. The first-order valence-corrected chi connectivity index (χ1v) is 6.95. The number of aryl methyl sites for hydroxylation is 1. The molecule has 2 heterocycles. The van der Waals surface area contributed by atoms with Crippen LogP contribution in [0.5, 0.6) is 0 Å². The summed E-state index contributed by atoms with van der Waals surface area (Å²) in [6.45, 7) is 7.33. The van der Waals surface area contributed by atoms with Crippen molar-refractivity contribution in [2.75, 3.05) is 18.5 Å². The van der Waals surface area contributed by atoms with Gasteiger partial charge >= 0.3 is 0 Å². The van der Waals surface area contributed by atoms with Crippen LogP contribution in [-0.2, 0) is 0 Å². The Morgan fingerprint density at radius 3 is 2.89 bits per heavy atom. The Morgan fingerprint density at radius 2 is 2.17 bits per heavy atom. The molecule has 0 aromatic carbocycles. The predicted molar refractivity (Wildman–Crippen MR) is 76.1 cm³/mol. The van der Waals surface area contributed by atoms with Gasteiger partial charge in [-0.15, -0.1) is 11.3 Å². The van der Waals surface area contributed by atoms with Crippen molar-refractivity contribution in [3.8, 4) is 0 Å². The maximum Gasteiger partial charge on any atom is 0.147 e. The molecule has 2 N–H and O–H groups in total. The van der Waals surface area contributed by atoms with E-state index in [1.165, 1.54) is 5.56 Å². The molecule has 0 radical (unpaired) electrons. The van der Waals surface area contributed by atoms with Crippen molar-refractivity contribution < 1.29 is 5.11 Å². The van der Waals surface area contributed by atoms with Gasteiger partial charge in [-0.2, -0.15) is 0 Å². The molecule has 18 heavy (non-hydrogen) atoms. The number of aliphatic hydroxyl groups excluding tert-OH is 1. The van der Waals surface area contributed by atoms with E-state index in [0.29, 0.717) is 0 Å². The summed E-state index contributed by atoms with van der Waals surface area (Å²) in [7, 11) is 0. The Labute approximate surface area is 111 Å². The molecule has 0 aliphatic carbocycles. The van der Waals surface area contributed by atoms with E-state index in [1.54, 1.807) is 17.7 Å². The van der Waals surface area contributed by atoms with E-state index < -0.39 is 0 Å². The first-order chi connectivity index (χ1) is 8.53. The van der Waals surface area contributed by atoms with Gasteiger partial charge in [0.05, 0.1) is 10.2 Å². The Morgan fingerprint density at radius 1 is 1.39 bits per heavy atom. The molecule has 4 nitrogen and oxygen atoms in total. The van der Waals surface area contributed by atoms with Gasteiger partial charge in [0, 0.05) is 13.2 Å². The number of nitrogens with one attached hydrogen (secondary N) is 1. The van der Waals surface area contributed by atoms with Crippen molar-refractivity contribution in [3.05, 3.63) is 17.3 Å². The molecule has 0 fully saturated rings. The largest absolute Gasteiger partial charge is 0.396 e. The van der Waals surface area contributed by atoms with Gasteiger partial charge in [-0.05, 0) is 29.7 Å². The van der Waals surface area contributed by atoms with E-state index >= 15 is 0 Å². The number of hydrogen-bond acceptors (Lipinski definition) is 5. The highest BCUT2D eigenvalue weighted by molar-refractivity contribution is 7.18. The highest BCUT2D eigenvalue weighted by atomic mass is 32.1. The molecule has 0 atom stereocenters. The van der Waals surface area contributed by atoms with Crippen LogP contribution in [0, 0.1) is 12.3 Å². The van der Waals surface area contributed by atoms with Gasteiger partial charge in [-0.3, -0.25) is 0 Å². The van der Waals surface area contributed by atoms with Crippen LogP contribution in [0.1, 0.15) is 25.8 Å². The van der Waals surface area contributed by atoms with Crippen molar-refractivity contribution in [1.29, 1.82) is 0 Å². The van der Waals surface area contributed by atoms with Crippen molar-refractivity contribution in [2.24, 2.45) is 5.41 Å².